The van der Waals surface area contributed by atoms with Crippen LogP contribution in [0.4, 0.5) is 10.1 Å². The summed E-state index contributed by atoms with van der Waals surface area (Å²) in [5.74, 6) is -0.315. The Hall–Kier alpha value is -3.25. The van der Waals surface area contributed by atoms with E-state index in [4.69, 9.17) is 17.0 Å². The van der Waals surface area contributed by atoms with Gasteiger partial charge in [0.2, 0.25) is 0 Å². The second-order valence-corrected chi connectivity index (χ2v) is 6.41. The molecule has 0 unspecified atom stereocenters. The number of halogens is 1. The minimum Gasteiger partial charge on any atom is -0.492 e. The van der Waals surface area contributed by atoms with Crippen molar-refractivity contribution in [3.05, 3.63) is 95.8 Å². The van der Waals surface area contributed by atoms with Gasteiger partial charge >= 0.3 is 0 Å². The van der Waals surface area contributed by atoms with E-state index in [1.807, 2.05) is 30.3 Å². The van der Waals surface area contributed by atoms with Crippen LogP contribution in [0.25, 0.3) is 0 Å². The van der Waals surface area contributed by atoms with Gasteiger partial charge in [-0.1, -0.05) is 48.5 Å². The molecule has 0 saturated carbocycles. The standard InChI is InChI=1S/C22H19FN2O2S/c23-17-9-6-10-18(15-17)24-22(28)25-21(26)19-11-4-5-12-20(19)27-14-13-16-7-2-1-3-8-16/h1-12,15H,13-14H2,(H2,24,25,26,28). The van der Waals surface area contributed by atoms with Crippen LogP contribution in [-0.2, 0) is 6.42 Å². The second kappa shape index (κ2) is 9.62. The lowest BCUT2D eigenvalue weighted by atomic mass is 10.1. The highest BCUT2D eigenvalue weighted by Crippen LogP contribution is 2.18. The van der Waals surface area contributed by atoms with Crippen molar-refractivity contribution < 1.29 is 13.9 Å². The molecule has 0 aliphatic rings. The SMILES string of the molecule is O=C(NC(=S)Nc1cccc(F)c1)c1ccccc1OCCc1ccccc1. The van der Waals surface area contributed by atoms with Crippen LogP contribution in [0.15, 0.2) is 78.9 Å². The summed E-state index contributed by atoms with van der Waals surface area (Å²) in [6, 6.07) is 22.8. The van der Waals surface area contributed by atoms with Crippen LogP contribution in [0.2, 0.25) is 0 Å². The lowest BCUT2D eigenvalue weighted by Gasteiger charge is -2.13. The van der Waals surface area contributed by atoms with E-state index in [-0.39, 0.29) is 5.11 Å². The first-order chi connectivity index (χ1) is 13.6. The third kappa shape index (κ3) is 5.62. The number of benzene rings is 3. The molecule has 3 rings (SSSR count). The van der Waals surface area contributed by atoms with E-state index in [0.717, 1.165) is 12.0 Å². The molecule has 0 fully saturated rings. The Bertz CT molecular complexity index is 964. The number of thiocarbonyl (C=S) groups is 1. The third-order valence-electron chi connectivity index (χ3n) is 3.93. The molecule has 3 aromatic carbocycles. The molecule has 4 nitrogen and oxygen atoms in total. The second-order valence-electron chi connectivity index (χ2n) is 6.00. The summed E-state index contributed by atoms with van der Waals surface area (Å²) >= 11 is 5.14. The summed E-state index contributed by atoms with van der Waals surface area (Å²) in [7, 11) is 0. The zero-order valence-corrected chi connectivity index (χ0v) is 15.8. The molecule has 0 aliphatic carbocycles. The predicted octanol–water partition coefficient (Wildman–Crippen LogP) is 4.57. The Kier molecular flexibility index (Phi) is 6.70. The van der Waals surface area contributed by atoms with Gasteiger partial charge in [-0.2, -0.15) is 0 Å². The van der Waals surface area contributed by atoms with Gasteiger partial charge in [-0.15, -0.1) is 0 Å². The molecule has 0 radical (unpaired) electrons. The molecular formula is C22H19FN2O2S. The fourth-order valence-corrected chi connectivity index (χ4v) is 2.81. The van der Waals surface area contributed by atoms with Gasteiger partial charge in [-0.05, 0) is 48.1 Å². The Balaban J connectivity index is 1.59. The number of carbonyl (C=O) groups is 1. The average Bonchev–Trinajstić information content (AvgIpc) is 2.69. The van der Waals surface area contributed by atoms with Crippen molar-refractivity contribution in [1.29, 1.82) is 0 Å². The fraction of sp³-hybridized carbons (Fsp3) is 0.0909. The Morgan fingerprint density at radius 2 is 1.71 bits per heavy atom. The van der Waals surface area contributed by atoms with Gasteiger partial charge in [-0.25, -0.2) is 4.39 Å². The molecule has 3 aromatic rings. The summed E-state index contributed by atoms with van der Waals surface area (Å²) in [6.45, 7) is 0.445. The Morgan fingerprint density at radius 1 is 0.964 bits per heavy atom. The van der Waals surface area contributed by atoms with Crippen LogP contribution in [0.5, 0.6) is 5.75 Å². The molecule has 0 heterocycles. The highest BCUT2D eigenvalue weighted by atomic mass is 32.1. The average molecular weight is 394 g/mol. The van der Waals surface area contributed by atoms with Gasteiger partial charge in [0.1, 0.15) is 11.6 Å². The van der Waals surface area contributed by atoms with Crippen LogP contribution >= 0.6 is 12.2 Å². The highest BCUT2D eigenvalue weighted by molar-refractivity contribution is 7.80. The minimum absolute atomic E-state index is 0.0784. The number of carbonyl (C=O) groups excluding carboxylic acids is 1. The minimum atomic E-state index is -0.399. The van der Waals surface area contributed by atoms with Gasteiger partial charge in [0.25, 0.3) is 5.91 Å². The molecule has 1 amide bonds. The van der Waals surface area contributed by atoms with E-state index in [2.05, 4.69) is 10.6 Å². The molecule has 0 atom stereocenters. The number of rotatable bonds is 6. The smallest absolute Gasteiger partial charge is 0.261 e. The van der Waals surface area contributed by atoms with E-state index in [9.17, 15) is 9.18 Å². The first-order valence-corrected chi connectivity index (χ1v) is 9.16. The quantitative estimate of drug-likeness (QED) is 0.601. The monoisotopic (exact) mass is 394 g/mol. The largest absolute Gasteiger partial charge is 0.492 e. The van der Waals surface area contributed by atoms with Crippen LogP contribution in [0.3, 0.4) is 0 Å². The van der Waals surface area contributed by atoms with Gasteiger partial charge in [0.15, 0.2) is 5.11 Å². The van der Waals surface area contributed by atoms with Crippen molar-refractivity contribution >= 4 is 28.9 Å². The molecule has 0 spiro atoms. The van der Waals surface area contributed by atoms with Crippen molar-refractivity contribution in [2.24, 2.45) is 0 Å². The number of para-hydroxylation sites is 1. The molecule has 0 aliphatic heterocycles. The molecular weight excluding hydrogens is 375 g/mol. The summed E-state index contributed by atoms with van der Waals surface area (Å²) < 4.78 is 19.1. The molecule has 142 valence electrons. The third-order valence-corrected chi connectivity index (χ3v) is 4.14. The number of hydrogen-bond donors (Lipinski definition) is 2. The zero-order valence-electron chi connectivity index (χ0n) is 15.0. The summed E-state index contributed by atoms with van der Waals surface area (Å²) in [5, 5.41) is 5.46. The summed E-state index contributed by atoms with van der Waals surface area (Å²) in [5.41, 5.74) is 1.99. The lowest BCUT2D eigenvalue weighted by Crippen LogP contribution is -2.34. The van der Waals surface area contributed by atoms with Gasteiger partial charge < -0.3 is 10.1 Å². The van der Waals surface area contributed by atoms with Crippen molar-refractivity contribution in [3.8, 4) is 5.75 Å². The predicted molar refractivity (Wildman–Crippen MR) is 112 cm³/mol. The first kappa shape index (κ1) is 19.5. The van der Waals surface area contributed by atoms with Crippen LogP contribution < -0.4 is 15.4 Å². The van der Waals surface area contributed by atoms with Gasteiger partial charge in [0.05, 0.1) is 12.2 Å². The maximum absolute atomic E-state index is 13.3. The van der Waals surface area contributed by atoms with Crippen LogP contribution in [0, 0.1) is 5.82 Å². The van der Waals surface area contributed by atoms with E-state index in [1.165, 1.54) is 12.1 Å². The number of amides is 1. The summed E-state index contributed by atoms with van der Waals surface area (Å²) in [4.78, 5) is 12.6. The Labute approximate surface area is 168 Å². The number of anilines is 1. The number of ether oxygens (including phenoxy) is 1. The number of nitrogens with one attached hydrogen (secondary N) is 2. The Morgan fingerprint density at radius 3 is 2.50 bits per heavy atom. The maximum Gasteiger partial charge on any atom is 0.261 e. The molecule has 0 bridgehead atoms. The van der Waals surface area contributed by atoms with Crippen molar-refractivity contribution in [2.45, 2.75) is 6.42 Å². The molecule has 28 heavy (non-hydrogen) atoms. The van der Waals surface area contributed by atoms with Gasteiger partial charge in [0, 0.05) is 12.1 Å². The van der Waals surface area contributed by atoms with E-state index in [0.29, 0.717) is 23.6 Å². The lowest BCUT2D eigenvalue weighted by molar-refractivity contribution is 0.0974. The van der Waals surface area contributed by atoms with Crippen molar-refractivity contribution in [2.75, 3.05) is 11.9 Å². The zero-order chi connectivity index (χ0) is 19.8. The number of hydrogen-bond acceptors (Lipinski definition) is 3. The van der Waals surface area contributed by atoms with E-state index in [1.54, 1.807) is 36.4 Å². The van der Waals surface area contributed by atoms with Gasteiger partial charge in [-0.3, -0.25) is 10.1 Å². The van der Waals surface area contributed by atoms with Crippen LogP contribution in [-0.4, -0.2) is 17.6 Å². The molecule has 0 saturated heterocycles. The molecule has 6 heteroatoms. The van der Waals surface area contributed by atoms with Crippen molar-refractivity contribution in [1.82, 2.24) is 5.32 Å². The highest BCUT2D eigenvalue weighted by Gasteiger charge is 2.13. The molecule has 0 aromatic heterocycles. The van der Waals surface area contributed by atoms with E-state index >= 15 is 0 Å². The first-order valence-electron chi connectivity index (χ1n) is 8.75. The normalized spacial score (nSPS) is 10.2. The van der Waals surface area contributed by atoms with Crippen LogP contribution in [0.1, 0.15) is 15.9 Å². The fourth-order valence-electron chi connectivity index (χ4n) is 2.60. The van der Waals surface area contributed by atoms with Crippen molar-refractivity contribution in [3.63, 3.8) is 0 Å². The molecule has 2 N–H and O–H groups in total. The topological polar surface area (TPSA) is 50.4 Å². The maximum atomic E-state index is 13.3. The van der Waals surface area contributed by atoms with E-state index < -0.39 is 11.7 Å². The summed E-state index contributed by atoms with van der Waals surface area (Å²) in [6.07, 6.45) is 0.732.